The molecule has 1 aliphatic rings. The molecule has 0 unspecified atom stereocenters. The number of carbonyl (C=O) groups excluding carboxylic acids is 2. The first-order valence-corrected chi connectivity index (χ1v) is 8.93. The first-order chi connectivity index (χ1) is 12.7. The van der Waals surface area contributed by atoms with E-state index in [1.165, 1.54) is 12.7 Å². The number of para-hydroxylation sites is 1. The Morgan fingerprint density at radius 3 is 2.73 bits per heavy atom. The summed E-state index contributed by atoms with van der Waals surface area (Å²) in [5.74, 6) is 0.0236. The van der Waals surface area contributed by atoms with Gasteiger partial charge in [0, 0.05) is 18.2 Å². The number of hydrogen-bond donors (Lipinski definition) is 3. The summed E-state index contributed by atoms with van der Waals surface area (Å²) in [6.45, 7) is 0.297. The number of benzene rings is 1. The summed E-state index contributed by atoms with van der Waals surface area (Å²) in [4.78, 5) is 31.8. The average molecular weight is 356 g/mol. The van der Waals surface area contributed by atoms with E-state index in [4.69, 9.17) is 4.74 Å². The molecule has 1 aromatic carbocycles. The summed E-state index contributed by atoms with van der Waals surface area (Å²) in [5.41, 5.74) is 1.16. The molecule has 0 saturated heterocycles. The van der Waals surface area contributed by atoms with Crippen molar-refractivity contribution in [1.82, 2.24) is 20.6 Å². The van der Waals surface area contributed by atoms with E-state index < -0.39 is 0 Å². The van der Waals surface area contributed by atoms with Crippen molar-refractivity contribution < 1.29 is 14.3 Å². The molecule has 3 rings (SSSR count). The Bertz CT molecular complexity index is 766. The lowest BCUT2D eigenvalue weighted by atomic mass is 9.95. The molecule has 7 nitrogen and oxygen atoms in total. The van der Waals surface area contributed by atoms with Crippen LogP contribution in [-0.4, -0.2) is 34.9 Å². The highest BCUT2D eigenvalue weighted by Gasteiger charge is 2.23. The number of aromatic amines is 1. The highest BCUT2D eigenvalue weighted by Crippen LogP contribution is 2.19. The molecule has 2 aromatic rings. The maximum Gasteiger partial charge on any atom is 0.272 e. The molecule has 1 heterocycles. The maximum atomic E-state index is 12.5. The number of nitrogens with one attached hydrogen (secondary N) is 3. The minimum Gasteiger partial charge on any atom is -0.496 e. The van der Waals surface area contributed by atoms with Crippen molar-refractivity contribution in [3.63, 3.8) is 0 Å². The fourth-order valence-corrected chi connectivity index (χ4v) is 3.25. The largest absolute Gasteiger partial charge is 0.496 e. The van der Waals surface area contributed by atoms with Crippen LogP contribution in [0.4, 0.5) is 0 Å². The second-order valence-corrected chi connectivity index (χ2v) is 6.43. The summed E-state index contributed by atoms with van der Waals surface area (Å²) in [5, 5.41) is 5.79. The van der Waals surface area contributed by atoms with Gasteiger partial charge in [0.1, 0.15) is 11.4 Å². The van der Waals surface area contributed by atoms with Crippen molar-refractivity contribution in [1.29, 1.82) is 0 Å². The number of amides is 2. The van der Waals surface area contributed by atoms with Gasteiger partial charge in [-0.3, -0.25) is 9.59 Å². The van der Waals surface area contributed by atoms with E-state index in [1.807, 2.05) is 24.3 Å². The van der Waals surface area contributed by atoms with Crippen LogP contribution < -0.4 is 15.4 Å². The molecule has 0 spiro atoms. The van der Waals surface area contributed by atoms with Gasteiger partial charge in [-0.1, -0.05) is 37.5 Å². The number of nitrogens with zero attached hydrogens (tertiary/aromatic N) is 1. The molecule has 2 amide bonds. The molecule has 0 aliphatic heterocycles. The number of H-pyrrole nitrogens is 1. The first-order valence-electron chi connectivity index (χ1n) is 8.93. The summed E-state index contributed by atoms with van der Waals surface area (Å²) in [7, 11) is 1.59. The minimum atomic E-state index is -0.373. The second kappa shape index (κ2) is 8.51. The Morgan fingerprint density at radius 2 is 1.96 bits per heavy atom. The second-order valence-electron chi connectivity index (χ2n) is 6.43. The van der Waals surface area contributed by atoms with Gasteiger partial charge in [0.25, 0.3) is 11.8 Å². The summed E-state index contributed by atoms with van der Waals surface area (Å²) < 4.78 is 5.28. The Morgan fingerprint density at radius 1 is 1.19 bits per heavy atom. The third kappa shape index (κ3) is 4.22. The van der Waals surface area contributed by atoms with Crippen LogP contribution in [0.2, 0.25) is 0 Å². The molecule has 138 valence electrons. The van der Waals surface area contributed by atoms with E-state index >= 15 is 0 Å². The van der Waals surface area contributed by atoms with Gasteiger partial charge in [0.2, 0.25) is 0 Å². The fraction of sp³-hybridized carbons (Fsp3) is 0.421. The predicted molar refractivity (Wildman–Crippen MR) is 97.1 cm³/mol. The molecule has 0 bridgehead atoms. The van der Waals surface area contributed by atoms with E-state index in [2.05, 4.69) is 20.6 Å². The number of imidazole rings is 1. The van der Waals surface area contributed by atoms with Gasteiger partial charge in [-0.15, -0.1) is 0 Å². The maximum absolute atomic E-state index is 12.5. The lowest BCUT2D eigenvalue weighted by molar-refractivity contribution is 0.0897. The molecule has 1 aliphatic carbocycles. The molecule has 1 fully saturated rings. The number of ether oxygens (including phenoxy) is 1. The molecular weight excluding hydrogens is 332 g/mol. The summed E-state index contributed by atoms with van der Waals surface area (Å²) in [6.07, 6.45) is 6.78. The molecule has 3 N–H and O–H groups in total. The van der Waals surface area contributed by atoms with E-state index in [0.717, 1.165) is 31.2 Å². The Hall–Kier alpha value is -2.83. The number of aromatic nitrogens is 2. The zero-order chi connectivity index (χ0) is 18.4. The number of methoxy groups -OCH3 is 1. The standard InChI is InChI=1S/C19H24N4O3/c1-26-15-10-6-5-7-13(15)11-20-18(24)16-17(22-12-21-16)19(25)23-14-8-3-2-4-9-14/h5-7,10,12,14H,2-4,8-9,11H2,1H3,(H,20,24)(H,21,22)(H,23,25). The lowest BCUT2D eigenvalue weighted by Crippen LogP contribution is -2.37. The number of carbonyl (C=O) groups is 2. The Kier molecular flexibility index (Phi) is 5.88. The van der Waals surface area contributed by atoms with E-state index in [0.29, 0.717) is 12.3 Å². The molecule has 0 radical (unpaired) electrons. The summed E-state index contributed by atoms with van der Waals surface area (Å²) >= 11 is 0. The van der Waals surface area contributed by atoms with Crippen molar-refractivity contribution in [2.24, 2.45) is 0 Å². The Labute approximate surface area is 152 Å². The molecule has 1 aromatic heterocycles. The zero-order valence-corrected chi connectivity index (χ0v) is 14.9. The summed E-state index contributed by atoms with van der Waals surface area (Å²) in [6, 6.07) is 7.62. The van der Waals surface area contributed by atoms with Gasteiger partial charge in [0.05, 0.1) is 13.4 Å². The van der Waals surface area contributed by atoms with Crippen molar-refractivity contribution in [2.75, 3.05) is 7.11 Å². The number of rotatable bonds is 6. The lowest BCUT2D eigenvalue weighted by Gasteiger charge is -2.22. The van der Waals surface area contributed by atoms with Crippen LogP contribution in [0.5, 0.6) is 5.75 Å². The van der Waals surface area contributed by atoms with Gasteiger partial charge < -0.3 is 20.4 Å². The van der Waals surface area contributed by atoms with E-state index in [-0.39, 0.29) is 29.2 Å². The van der Waals surface area contributed by atoms with Crippen molar-refractivity contribution >= 4 is 11.8 Å². The van der Waals surface area contributed by atoms with E-state index in [1.54, 1.807) is 7.11 Å². The normalized spacial score (nSPS) is 14.7. The van der Waals surface area contributed by atoms with Gasteiger partial charge in [0.15, 0.2) is 5.69 Å². The molecule has 7 heteroatoms. The molecule has 26 heavy (non-hydrogen) atoms. The highest BCUT2D eigenvalue weighted by molar-refractivity contribution is 6.04. The Balaban J connectivity index is 1.63. The van der Waals surface area contributed by atoms with Gasteiger partial charge >= 0.3 is 0 Å². The fourth-order valence-electron chi connectivity index (χ4n) is 3.25. The molecule has 1 saturated carbocycles. The van der Waals surface area contributed by atoms with Crippen LogP contribution in [0.3, 0.4) is 0 Å². The van der Waals surface area contributed by atoms with Crippen LogP contribution >= 0.6 is 0 Å². The first kappa shape index (κ1) is 18.0. The van der Waals surface area contributed by atoms with Gasteiger partial charge in [-0.25, -0.2) is 4.98 Å². The smallest absolute Gasteiger partial charge is 0.272 e. The molecular formula is C19H24N4O3. The van der Waals surface area contributed by atoms with Crippen molar-refractivity contribution in [3.8, 4) is 5.75 Å². The monoisotopic (exact) mass is 356 g/mol. The third-order valence-corrected chi connectivity index (χ3v) is 4.65. The zero-order valence-electron chi connectivity index (χ0n) is 14.9. The van der Waals surface area contributed by atoms with Crippen molar-refractivity contribution in [3.05, 3.63) is 47.5 Å². The quantitative estimate of drug-likeness (QED) is 0.740. The van der Waals surface area contributed by atoms with Crippen LogP contribution in [0.15, 0.2) is 30.6 Å². The number of hydrogen-bond acceptors (Lipinski definition) is 4. The molecule has 0 atom stereocenters. The SMILES string of the molecule is COc1ccccc1CNC(=O)c1[nH]cnc1C(=O)NC1CCCCC1. The van der Waals surface area contributed by atoms with Crippen LogP contribution in [0, 0.1) is 0 Å². The third-order valence-electron chi connectivity index (χ3n) is 4.65. The van der Waals surface area contributed by atoms with Gasteiger partial charge in [-0.05, 0) is 18.9 Å². The van der Waals surface area contributed by atoms with Crippen LogP contribution in [0.1, 0.15) is 58.6 Å². The topological polar surface area (TPSA) is 96.1 Å². The van der Waals surface area contributed by atoms with E-state index in [9.17, 15) is 9.59 Å². The predicted octanol–water partition coefficient (Wildman–Crippen LogP) is 2.41. The van der Waals surface area contributed by atoms with Crippen molar-refractivity contribution in [2.45, 2.75) is 44.7 Å². The van der Waals surface area contributed by atoms with Crippen LogP contribution in [-0.2, 0) is 6.54 Å². The minimum absolute atomic E-state index is 0.133. The van der Waals surface area contributed by atoms with Gasteiger partial charge in [-0.2, -0.15) is 0 Å². The average Bonchev–Trinajstić information content (AvgIpc) is 3.17. The highest BCUT2D eigenvalue weighted by atomic mass is 16.5. The van der Waals surface area contributed by atoms with Crippen LogP contribution in [0.25, 0.3) is 0 Å².